The van der Waals surface area contributed by atoms with Crippen molar-refractivity contribution in [3.05, 3.63) is 55.8 Å². The molecule has 79 valence electrons. The zero-order valence-electron chi connectivity index (χ0n) is 8.86. The molecule has 0 bridgehead atoms. The summed E-state index contributed by atoms with van der Waals surface area (Å²) in [4.78, 5) is 13.3. The molecule has 0 fully saturated rings. The SMILES string of the molecule is [CH]=C=C/C=C\CC(=O)N(CC=C)CC=C. The number of carbonyl (C=O) groups is 1. The summed E-state index contributed by atoms with van der Waals surface area (Å²) in [5, 5.41) is 0. The van der Waals surface area contributed by atoms with E-state index in [-0.39, 0.29) is 5.91 Å². The van der Waals surface area contributed by atoms with Gasteiger partial charge in [0.25, 0.3) is 0 Å². The highest BCUT2D eigenvalue weighted by Gasteiger charge is 2.07. The van der Waals surface area contributed by atoms with Crippen LogP contribution in [0.2, 0.25) is 0 Å². The second-order valence-corrected chi connectivity index (χ2v) is 2.84. The largest absolute Gasteiger partial charge is 0.335 e. The number of hydrogen-bond acceptors (Lipinski definition) is 1. The van der Waals surface area contributed by atoms with E-state index in [0.717, 1.165) is 0 Å². The summed E-state index contributed by atoms with van der Waals surface area (Å²) in [5.41, 5.74) is 2.35. The Morgan fingerprint density at radius 2 is 1.93 bits per heavy atom. The summed E-state index contributed by atoms with van der Waals surface area (Å²) in [6.07, 6.45) is 8.72. The molecule has 0 rings (SSSR count). The van der Waals surface area contributed by atoms with E-state index in [1.54, 1.807) is 35.3 Å². The van der Waals surface area contributed by atoms with Gasteiger partial charge >= 0.3 is 0 Å². The average molecular weight is 202 g/mol. The van der Waals surface area contributed by atoms with E-state index in [4.69, 9.17) is 6.58 Å². The molecule has 1 amide bonds. The van der Waals surface area contributed by atoms with E-state index in [2.05, 4.69) is 18.9 Å². The molecule has 2 heteroatoms. The minimum atomic E-state index is 0.0384. The topological polar surface area (TPSA) is 20.3 Å². The number of hydrogen-bond donors (Lipinski definition) is 0. The standard InChI is InChI=1S/C13H16NO/c1-4-7-8-9-10-13(15)14(11-5-2)12-6-3/h1,5-9H,2-3,10-12H2/b9-8-. The quantitative estimate of drug-likeness (QED) is 0.352. The second-order valence-electron chi connectivity index (χ2n) is 2.84. The summed E-state index contributed by atoms with van der Waals surface area (Å²) in [7, 11) is 0. The molecule has 0 saturated carbocycles. The molecule has 1 radical (unpaired) electrons. The molecule has 0 saturated heterocycles. The Morgan fingerprint density at radius 1 is 1.33 bits per heavy atom. The van der Waals surface area contributed by atoms with E-state index in [1.165, 1.54) is 0 Å². The van der Waals surface area contributed by atoms with Crippen molar-refractivity contribution < 1.29 is 4.79 Å². The Morgan fingerprint density at radius 3 is 2.40 bits per heavy atom. The van der Waals surface area contributed by atoms with Crippen LogP contribution in [0.4, 0.5) is 0 Å². The Bertz CT molecular complexity index is 286. The van der Waals surface area contributed by atoms with Crippen LogP contribution in [0.25, 0.3) is 0 Å². The molecule has 15 heavy (non-hydrogen) atoms. The van der Waals surface area contributed by atoms with Crippen molar-refractivity contribution in [1.82, 2.24) is 4.90 Å². The fourth-order valence-corrected chi connectivity index (χ4v) is 1.01. The van der Waals surface area contributed by atoms with Crippen LogP contribution in [0.5, 0.6) is 0 Å². The third-order valence-electron chi connectivity index (χ3n) is 1.67. The molecule has 0 aromatic heterocycles. The van der Waals surface area contributed by atoms with Gasteiger partial charge in [-0.1, -0.05) is 24.3 Å². The van der Waals surface area contributed by atoms with Crippen molar-refractivity contribution in [2.24, 2.45) is 0 Å². The van der Waals surface area contributed by atoms with Gasteiger partial charge < -0.3 is 4.90 Å². The van der Waals surface area contributed by atoms with Crippen LogP contribution in [0, 0.1) is 6.58 Å². The van der Waals surface area contributed by atoms with Gasteiger partial charge in [-0.3, -0.25) is 4.79 Å². The molecule has 0 aromatic rings. The molecule has 0 aromatic carbocycles. The van der Waals surface area contributed by atoms with Gasteiger partial charge in [-0.25, -0.2) is 0 Å². The maximum Gasteiger partial charge on any atom is 0.226 e. The lowest BCUT2D eigenvalue weighted by atomic mass is 10.3. The minimum absolute atomic E-state index is 0.0384. The number of rotatable bonds is 7. The minimum Gasteiger partial charge on any atom is -0.335 e. The van der Waals surface area contributed by atoms with Crippen LogP contribution in [0.1, 0.15) is 6.42 Å². The predicted molar refractivity (Wildman–Crippen MR) is 63.1 cm³/mol. The highest BCUT2D eigenvalue weighted by molar-refractivity contribution is 5.78. The molecule has 0 spiro atoms. The highest BCUT2D eigenvalue weighted by atomic mass is 16.2. The van der Waals surface area contributed by atoms with Crippen LogP contribution in [-0.2, 0) is 4.79 Å². The Kier molecular flexibility index (Phi) is 7.74. The van der Waals surface area contributed by atoms with Gasteiger partial charge in [0, 0.05) is 19.5 Å². The van der Waals surface area contributed by atoms with Crippen molar-refractivity contribution in [3.63, 3.8) is 0 Å². The van der Waals surface area contributed by atoms with Crippen molar-refractivity contribution in [2.45, 2.75) is 6.42 Å². The number of carbonyl (C=O) groups excluding carboxylic acids is 1. The molecule has 0 aliphatic rings. The van der Waals surface area contributed by atoms with Crippen LogP contribution >= 0.6 is 0 Å². The summed E-state index contributed by atoms with van der Waals surface area (Å²) in [6, 6.07) is 0. The van der Waals surface area contributed by atoms with E-state index in [9.17, 15) is 4.79 Å². The lowest BCUT2D eigenvalue weighted by molar-refractivity contribution is -0.129. The van der Waals surface area contributed by atoms with Gasteiger partial charge in [-0.2, -0.15) is 0 Å². The summed E-state index contributed by atoms with van der Waals surface area (Å²) in [6.45, 7) is 13.3. The fourth-order valence-electron chi connectivity index (χ4n) is 1.01. The van der Waals surface area contributed by atoms with Crippen LogP contribution < -0.4 is 0 Å². The first-order valence-corrected chi connectivity index (χ1v) is 4.70. The van der Waals surface area contributed by atoms with E-state index in [1.807, 2.05) is 0 Å². The van der Waals surface area contributed by atoms with Crippen LogP contribution in [0.3, 0.4) is 0 Å². The summed E-state index contributed by atoms with van der Waals surface area (Å²) >= 11 is 0. The zero-order chi connectivity index (χ0) is 11.5. The Hall–Kier alpha value is -1.79. The first-order valence-electron chi connectivity index (χ1n) is 4.70. The van der Waals surface area contributed by atoms with E-state index < -0.39 is 0 Å². The maximum atomic E-state index is 11.6. The van der Waals surface area contributed by atoms with Crippen molar-refractivity contribution in [2.75, 3.05) is 13.1 Å². The molecule has 0 atom stereocenters. The van der Waals surface area contributed by atoms with E-state index in [0.29, 0.717) is 19.5 Å². The first-order chi connectivity index (χ1) is 7.26. The highest BCUT2D eigenvalue weighted by Crippen LogP contribution is 1.96. The van der Waals surface area contributed by atoms with Crippen LogP contribution in [0.15, 0.2) is 49.3 Å². The number of nitrogens with zero attached hydrogens (tertiary/aromatic N) is 1. The van der Waals surface area contributed by atoms with Gasteiger partial charge in [0.1, 0.15) is 0 Å². The first kappa shape index (κ1) is 13.2. The van der Waals surface area contributed by atoms with Crippen molar-refractivity contribution in [3.8, 4) is 0 Å². The molecule has 0 heterocycles. The molecule has 0 N–H and O–H groups in total. The maximum absolute atomic E-state index is 11.6. The number of amides is 1. The molecular weight excluding hydrogens is 186 g/mol. The van der Waals surface area contributed by atoms with E-state index >= 15 is 0 Å². The molecule has 0 aliphatic heterocycles. The summed E-state index contributed by atoms with van der Waals surface area (Å²) < 4.78 is 0. The van der Waals surface area contributed by atoms with Crippen molar-refractivity contribution in [1.29, 1.82) is 0 Å². The van der Waals surface area contributed by atoms with Gasteiger partial charge in [-0.05, 0) is 12.7 Å². The normalized spacial score (nSPS) is 9.33. The smallest absolute Gasteiger partial charge is 0.226 e. The molecule has 0 unspecified atom stereocenters. The molecule has 2 nitrogen and oxygen atoms in total. The lowest BCUT2D eigenvalue weighted by Gasteiger charge is -2.18. The van der Waals surface area contributed by atoms with Crippen molar-refractivity contribution >= 4 is 5.91 Å². The predicted octanol–water partition coefficient (Wildman–Crippen LogP) is 2.28. The molecule has 0 aliphatic carbocycles. The lowest BCUT2D eigenvalue weighted by Crippen LogP contribution is -2.30. The van der Waals surface area contributed by atoms with Crippen LogP contribution in [-0.4, -0.2) is 23.9 Å². The third-order valence-corrected chi connectivity index (χ3v) is 1.67. The molecular formula is C13H16NO. The van der Waals surface area contributed by atoms with Gasteiger partial charge in [-0.15, -0.1) is 18.9 Å². The Balaban J connectivity index is 4.17. The van der Waals surface area contributed by atoms with Gasteiger partial charge in [0.15, 0.2) is 0 Å². The number of allylic oxidation sites excluding steroid dienone is 2. The van der Waals surface area contributed by atoms with Gasteiger partial charge in [0.05, 0.1) is 0 Å². The monoisotopic (exact) mass is 202 g/mol. The average Bonchev–Trinajstić information content (AvgIpc) is 2.24. The fraction of sp³-hybridized carbons (Fsp3) is 0.231. The zero-order valence-corrected chi connectivity index (χ0v) is 8.86. The summed E-state index contributed by atoms with van der Waals surface area (Å²) in [5.74, 6) is 0.0384. The van der Waals surface area contributed by atoms with Gasteiger partial charge in [0.2, 0.25) is 5.91 Å². The Labute approximate surface area is 91.6 Å². The second kappa shape index (κ2) is 8.79. The third kappa shape index (κ3) is 6.30.